The van der Waals surface area contributed by atoms with Gasteiger partial charge in [0.25, 0.3) is 11.5 Å². The molecule has 1 unspecified atom stereocenters. The molecule has 3 aromatic heterocycles. The molecule has 7 nitrogen and oxygen atoms in total. The van der Waals surface area contributed by atoms with E-state index >= 15 is 0 Å². The fourth-order valence-corrected chi connectivity index (χ4v) is 5.07. The van der Waals surface area contributed by atoms with Crippen LogP contribution in [0.1, 0.15) is 41.6 Å². The SMILES string of the molecule is CC1=C(C(=O)Nc2ccccc2C)C(c2ccc(C)o2)n2c(s/c(=C/c3ccc(C)o3)c2=O)=N1. The highest BCUT2D eigenvalue weighted by molar-refractivity contribution is 7.07. The third-order valence-corrected chi connectivity index (χ3v) is 6.71. The molecule has 4 heterocycles. The molecule has 5 rings (SSSR count). The second-order valence-electron chi connectivity index (χ2n) is 8.25. The molecule has 1 aliphatic heterocycles. The van der Waals surface area contributed by atoms with Crippen LogP contribution < -0.4 is 20.2 Å². The number of carbonyl (C=O) groups excluding carboxylic acids is 1. The molecule has 172 valence electrons. The van der Waals surface area contributed by atoms with E-state index in [-0.39, 0.29) is 11.5 Å². The average molecular weight is 474 g/mol. The number of allylic oxidation sites excluding steroid dienone is 1. The molecule has 0 spiro atoms. The highest BCUT2D eigenvalue weighted by atomic mass is 32.1. The van der Waals surface area contributed by atoms with Crippen molar-refractivity contribution in [3.8, 4) is 0 Å². The molecular formula is C26H23N3O4S. The smallest absolute Gasteiger partial charge is 0.271 e. The number of rotatable bonds is 4. The largest absolute Gasteiger partial charge is 0.464 e. The van der Waals surface area contributed by atoms with Crippen LogP contribution in [-0.2, 0) is 4.79 Å². The summed E-state index contributed by atoms with van der Waals surface area (Å²) in [6, 6.07) is 14.1. The van der Waals surface area contributed by atoms with Crippen molar-refractivity contribution in [3.63, 3.8) is 0 Å². The van der Waals surface area contributed by atoms with Crippen molar-refractivity contribution in [2.45, 2.75) is 33.7 Å². The Labute approximate surface area is 199 Å². The van der Waals surface area contributed by atoms with E-state index in [2.05, 4.69) is 10.3 Å². The van der Waals surface area contributed by atoms with Gasteiger partial charge in [-0.05, 0) is 63.6 Å². The summed E-state index contributed by atoms with van der Waals surface area (Å²) in [5.74, 6) is 2.21. The predicted octanol–water partition coefficient (Wildman–Crippen LogP) is 3.99. The zero-order chi connectivity index (χ0) is 24.0. The summed E-state index contributed by atoms with van der Waals surface area (Å²) in [6.45, 7) is 7.38. The first-order chi connectivity index (χ1) is 16.3. The highest BCUT2D eigenvalue weighted by Gasteiger charge is 2.34. The number of fused-ring (bicyclic) bond motifs is 1. The molecule has 1 aromatic carbocycles. The fourth-order valence-electron chi connectivity index (χ4n) is 4.04. The summed E-state index contributed by atoms with van der Waals surface area (Å²) >= 11 is 1.26. The van der Waals surface area contributed by atoms with Crippen LogP contribution in [0.5, 0.6) is 0 Å². The van der Waals surface area contributed by atoms with Crippen molar-refractivity contribution < 1.29 is 13.6 Å². The van der Waals surface area contributed by atoms with E-state index in [1.807, 2.05) is 63.2 Å². The number of nitrogens with one attached hydrogen (secondary N) is 1. The van der Waals surface area contributed by atoms with E-state index in [1.165, 1.54) is 15.9 Å². The maximum absolute atomic E-state index is 13.5. The topological polar surface area (TPSA) is 89.7 Å². The Hall–Kier alpha value is -3.91. The van der Waals surface area contributed by atoms with Crippen molar-refractivity contribution in [1.29, 1.82) is 0 Å². The monoisotopic (exact) mass is 473 g/mol. The second kappa shape index (κ2) is 8.46. The van der Waals surface area contributed by atoms with E-state index in [0.717, 1.165) is 11.3 Å². The first-order valence-corrected chi connectivity index (χ1v) is 11.7. The van der Waals surface area contributed by atoms with Crippen LogP contribution >= 0.6 is 11.3 Å². The van der Waals surface area contributed by atoms with Crippen LogP contribution in [0.25, 0.3) is 6.08 Å². The number of furan rings is 2. The number of para-hydroxylation sites is 1. The first kappa shape index (κ1) is 21.9. The molecule has 0 saturated carbocycles. The standard InChI is InChI=1S/C26H23N3O4S/c1-14-7-5-6-8-19(14)28-24(30)22-17(4)27-26-29(23(22)20-12-10-16(3)33-20)25(31)21(34-26)13-18-11-9-15(2)32-18/h5-13,23H,1-4H3,(H,28,30)/b21-13+. The second-order valence-corrected chi connectivity index (χ2v) is 9.26. The average Bonchev–Trinajstić information content (AvgIpc) is 3.48. The van der Waals surface area contributed by atoms with Gasteiger partial charge in [0.1, 0.15) is 29.1 Å². The molecule has 8 heteroatoms. The number of thiazole rings is 1. The molecule has 0 saturated heterocycles. The number of aryl methyl sites for hydroxylation is 3. The van der Waals surface area contributed by atoms with Crippen molar-refractivity contribution in [3.05, 3.63) is 108 Å². The zero-order valence-corrected chi connectivity index (χ0v) is 20.0. The highest BCUT2D eigenvalue weighted by Crippen LogP contribution is 2.32. The molecule has 0 radical (unpaired) electrons. The van der Waals surface area contributed by atoms with Gasteiger partial charge < -0.3 is 14.2 Å². The molecule has 1 amide bonds. The van der Waals surface area contributed by atoms with E-state index in [9.17, 15) is 9.59 Å². The molecule has 0 aliphatic carbocycles. The Bertz CT molecular complexity index is 1630. The van der Waals surface area contributed by atoms with Crippen molar-refractivity contribution in [2.24, 2.45) is 4.99 Å². The van der Waals surface area contributed by atoms with E-state index in [4.69, 9.17) is 8.83 Å². The maximum atomic E-state index is 13.5. The molecule has 34 heavy (non-hydrogen) atoms. The minimum Gasteiger partial charge on any atom is -0.464 e. The fraction of sp³-hybridized carbons (Fsp3) is 0.192. The molecule has 4 aromatic rings. The Balaban J connectivity index is 1.67. The quantitative estimate of drug-likeness (QED) is 0.485. The Morgan fingerprint density at radius 3 is 2.44 bits per heavy atom. The third kappa shape index (κ3) is 3.86. The summed E-state index contributed by atoms with van der Waals surface area (Å²) in [5, 5.41) is 2.98. The minimum atomic E-state index is -0.741. The van der Waals surface area contributed by atoms with Gasteiger partial charge in [-0.1, -0.05) is 29.5 Å². The van der Waals surface area contributed by atoms with Crippen LogP contribution in [0.2, 0.25) is 0 Å². The van der Waals surface area contributed by atoms with Crippen LogP contribution in [-0.4, -0.2) is 10.5 Å². The normalized spacial score (nSPS) is 15.9. The summed E-state index contributed by atoms with van der Waals surface area (Å²) in [5.41, 5.74) is 2.28. The number of aromatic nitrogens is 1. The number of carbonyl (C=O) groups is 1. The van der Waals surface area contributed by atoms with Gasteiger partial charge in [-0.2, -0.15) is 0 Å². The van der Waals surface area contributed by atoms with Crippen LogP contribution in [0.15, 0.2) is 78.4 Å². The van der Waals surface area contributed by atoms with Gasteiger partial charge in [0.15, 0.2) is 4.80 Å². The molecule has 0 fully saturated rings. The van der Waals surface area contributed by atoms with Crippen LogP contribution in [0.3, 0.4) is 0 Å². The molecule has 1 atom stereocenters. The number of benzene rings is 1. The lowest BCUT2D eigenvalue weighted by Crippen LogP contribution is -2.40. The van der Waals surface area contributed by atoms with Gasteiger partial charge in [0.2, 0.25) is 0 Å². The molecule has 1 aliphatic rings. The Kier molecular flexibility index (Phi) is 5.45. The van der Waals surface area contributed by atoms with Gasteiger partial charge in [-0.15, -0.1) is 0 Å². The molecule has 0 bridgehead atoms. The van der Waals surface area contributed by atoms with E-state index in [0.29, 0.717) is 43.6 Å². The van der Waals surface area contributed by atoms with Gasteiger partial charge in [0.05, 0.1) is 15.8 Å². The lowest BCUT2D eigenvalue weighted by molar-refractivity contribution is -0.113. The summed E-state index contributed by atoms with van der Waals surface area (Å²) in [4.78, 5) is 32.2. The van der Waals surface area contributed by atoms with Gasteiger partial charge in [-0.3, -0.25) is 14.2 Å². The minimum absolute atomic E-state index is 0.259. The third-order valence-electron chi connectivity index (χ3n) is 5.72. The zero-order valence-electron chi connectivity index (χ0n) is 19.2. The Morgan fingerprint density at radius 1 is 1.03 bits per heavy atom. The first-order valence-electron chi connectivity index (χ1n) is 10.8. The lowest BCUT2D eigenvalue weighted by Gasteiger charge is -2.23. The van der Waals surface area contributed by atoms with E-state index in [1.54, 1.807) is 19.1 Å². The Morgan fingerprint density at radius 2 is 1.76 bits per heavy atom. The van der Waals surface area contributed by atoms with E-state index < -0.39 is 6.04 Å². The molecular weight excluding hydrogens is 450 g/mol. The maximum Gasteiger partial charge on any atom is 0.271 e. The number of anilines is 1. The number of amides is 1. The number of hydrogen-bond acceptors (Lipinski definition) is 6. The number of nitrogens with zero attached hydrogens (tertiary/aromatic N) is 2. The van der Waals surface area contributed by atoms with Gasteiger partial charge >= 0.3 is 0 Å². The molecule has 1 N–H and O–H groups in total. The van der Waals surface area contributed by atoms with Crippen molar-refractivity contribution in [1.82, 2.24) is 4.57 Å². The van der Waals surface area contributed by atoms with Gasteiger partial charge in [-0.25, -0.2) is 4.99 Å². The van der Waals surface area contributed by atoms with Gasteiger partial charge in [0, 0.05) is 11.8 Å². The van der Waals surface area contributed by atoms with Crippen LogP contribution in [0.4, 0.5) is 5.69 Å². The lowest BCUT2D eigenvalue weighted by atomic mass is 10.00. The number of hydrogen-bond donors (Lipinski definition) is 1. The summed E-state index contributed by atoms with van der Waals surface area (Å²) < 4.78 is 13.6. The summed E-state index contributed by atoms with van der Waals surface area (Å²) in [7, 11) is 0. The van der Waals surface area contributed by atoms with Crippen LogP contribution in [0, 0.1) is 20.8 Å². The van der Waals surface area contributed by atoms with Crippen molar-refractivity contribution >= 4 is 29.0 Å². The summed E-state index contributed by atoms with van der Waals surface area (Å²) in [6.07, 6.45) is 1.70. The predicted molar refractivity (Wildman–Crippen MR) is 130 cm³/mol. The van der Waals surface area contributed by atoms with Crippen molar-refractivity contribution in [2.75, 3.05) is 5.32 Å².